The number of nitrogens with one attached hydrogen (secondary N) is 1. The number of hydrogen-bond donors (Lipinski definition) is 2. The van der Waals surface area contributed by atoms with E-state index in [1.54, 1.807) is 0 Å². The number of aliphatic imine (C=N–C) groups is 1. The van der Waals surface area contributed by atoms with Crippen LogP contribution in [0.4, 0.5) is 0 Å². The van der Waals surface area contributed by atoms with Gasteiger partial charge in [-0.1, -0.05) is 46.0 Å². The average molecular weight is 452 g/mol. The Morgan fingerprint density at radius 3 is 2.38 bits per heavy atom. The standard InChI is InChI=1S/C18H36N4O.HI/c1-3-15(4-2)17(22-10-12-23-13-11-22)14-20-18(19)21-16-8-6-5-7-9-16;/h15-17H,3-14H2,1-2H3,(H3,19,20,21);1H. The second-order valence-corrected chi connectivity index (χ2v) is 7.00. The van der Waals surface area contributed by atoms with Gasteiger partial charge in [0.2, 0.25) is 0 Å². The number of morpholine rings is 1. The Labute approximate surface area is 165 Å². The largest absolute Gasteiger partial charge is 0.379 e. The molecule has 1 saturated carbocycles. The van der Waals surface area contributed by atoms with Crippen LogP contribution < -0.4 is 11.1 Å². The predicted molar refractivity (Wildman–Crippen MR) is 112 cm³/mol. The summed E-state index contributed by atoms with van der Waals surface area (Å²) in [5, 5.41) is 3.44. The van der Waals surface area contributed by atoms with Crippen LogP contribution in [0.1, 0.15) is 58.8 Å². The summed E-state index contributed by atoms with van der Waals surface area (Å²) in [5.41, 5.74) is 6.16. The van der Waals surface area contributed by atoms with E-state index < -0.39 is 0 Å². The van der Waals surface area contributed by atoms with Gasteiger partial charge in [-0.25, -0.2) is 0 Å². The second-order valence-electron chi connectivity index (χ2n) is 7.00. The van der Waals surface area contributed by atoms with E-state index in [4.69, 9.17) is 15.5 Å². The molecule has 3 N–H and O–H groups in total. The zero-order valence-electron chi connectivity index (χ0n) is 15.5. The van der Waals surface area contributed by atoms with Gasteiger partial charge < -0.3 is 15.8 Å². The first-order valence-electron chi connectivity index (χ1n) is 9.62. The van der Waals surface area contributed by atoms with Crippen molar-refractivity contribution in [2.45, 2.75) is 70.9 Å². The van der Waals surface area contributed by atoms with Gasteiger partial charge in [-0.2, -0.15) is 0 Å². The van der Waals surface area contributed by atoms with Gasteiger partial charge >= 0.3 is 0 Å². The molecule has 0 radical (unpaired) electrons. The zero-order chi connectivity index (χ0) is 16.5. The Morgan fingerprint density at radius 1 is 1.17 bits per heavy atom. The molecule has 142 valence electrons. The maximum atomic E-state index is 6.16. The molecule has 6 heteroatoms. The number of halogens is 1. The first-order valence-corrected chi connectivity index (χ1v) is 9.62. The summed E-state index contributed by atoms with van der Waals surface area (Å²) < 4.78 is 5.51. The smallest absolute Gasteiger partial charge is 0.188 e. The minimum Gasteiger partial charge on any atom is -0.379 e. The number of rotatable bonds is 7. The molecule has 0 aromatic rings. The molecule has 2 aliphatic rings. The summed E-state index contributed by atoms with van der Waals surface area (Å²) in [6.45, 7) is 9.10. The Balaban J connectivity index is 0.00000288. The van der Waals surface area contributed by atoms with Gasteiger partial charge in [-0.05, 0) is 18.8 Å². The SMILES string of the molecule is CCC(CC)C(CN=C(N)NC1CCCCC1)N1CCOCC1.I. The maximum Gasteiger partial charge on any atom is 0.188 e. The van der Waals surface area contributed by atoms with Gasteiger partial charge in [0.15, 0.2) is 5.96 Å². The lowest BCUT2D eigenvalue weighted by Gasteiger charge is -2.38. The van der Waals surface area contributed by atoms with Gasteiger partial charge in [0.05, 0.1) is 19.8 Å². The molecule has 1 heterocycles. The summed E-state index contributed by atoms with van der Waals surface area (Å²) in [5.74, 6) is 1.32. The molecular weight excluding hydrogens is 415 g/mol. The van der Waals surface area contributed by atoms with Crippen molar-refractivity contribution in [3.05, 3.63) is 0 Å². The molecule has 0 bridgehead atoms. The molecule has 1 aliphatic carbocycles. The topological polar surface area (TPSA) is 62.9 Å². The van der Waals surface area contributed by atoms with Crippen molar-refractivity contribution in [2.75, 3.05) is 32.8 Å². The molecule has 2 rings (SSSR count). The van der Waals surface area contributed by atoms with Gasteiger partial charge in [-0.15, -0.1) is 24.0 Å². The minimum atomic E-state index is 0. The normalized spacial score (nSPS) is 22.2. The third kappa shape index (κ3) is 7.04. The molecule has 0 aromatic carbocycles. The molecule has 1 aliphatic heterocycles. The fourth-order valence-electron chi connectivity index (χ4n) is 4.00. The molecule has 0 aromatic heterocycles. The third-order valence-electron chi connectivity index (χ3n) is 5.51. The average Bonchev–Trinajstić information content (AvgIpc) is 2.60. The van der Waals surface area contributed by atoms with Crippen LogP contribution in [0.3, 0.4) is 0 Å². The van der Waals surface area contributed by atoms with Crippen molar-refractivity contribution in [1.82, 2.24) is 10.2 Å². The molecule has 1 saturated heterocycles. The third-order valence-corrected chi connectivity index (χ3v) is 5.51. The van der Waals surface area contributed by atoms with Crippen molar-refractivity contribution in [2.24, 2.45) is 16.6 Å². The molecule has 1 atom stereocenters. The highest BCUT2D eigenvalue weighted by Gasteiger charge is 2.26. The summed E-state index contributed by atoms with van der Waals surface area (Å²) in [4.78, 5) is 7.27. The molecule has 0 amide bonds. The van der Waals surface area contributed by atoms with Crippen molar-refractivity contribution >= 4 is 29.9 Å². The predicted octanol–water partition coefficient (Wildman–Crippen LogP) is 2.98. The molecule has 0 spiro atoms. The summed E-state index contributed by atoms with van der Waals surface area (Å²) in [6.07, 6.45) is 8.85. The van der Waals surface area contributed by atoms with E-state index in [-0.39, 0.29) is 24.0 Å². The molecular formula is C18H37IN4O. The highest BCUT2D eigenvalue weighted by atomic mass is 127. The number of guanidine groups is 1. The maximum absolute atomic E-state index is 6.16. The van der Waals surface area contributed by atoms with Gasteiger partial charge in [0.25, 0.3) is 0 Å². The summed E-state index contributed by atoms with van der Waals surface area (Å²) in [7, 11) is 0. The van der Waals surface area contributed by atoms with Crippen molar-refractivity contribution < 1.29 is 4.74 Å². The Morgan fingerprint density at radius 2 is 1.79 bits per heavy atom. The Hall–Kier alpha value is -0.0800. The van der Waals surface area contributed by atoms with E-state index in [0.717, 1.165) is 32.8 Å². The van der Waals surface area contributed by atoms with Crippen LogP contribution in [0.2, 0.25) is 0 Å². The molecule has 5 nitrogen and oxygen atoms in total. The van der Waals surface area contributed by atoms with Crippen LogP contribution in [0.15, 0.2) is 4.99 Å². The highest BCUT2D eigenvalue weighted by molar-refractivity contribution is 14.0. The minimum absolute atomic E-state index is 0. The first-order chi connectivity index (χ1) is 11.2. The molecule has 1 unspecified atom stereocenters. The van der Waals surface area contributed by atoms with E-state index in [0.29, 0.717) is 24.0 Å². The monoisotopic (exact) mass is 452 g/mol. The summed E-state index contributed by atoms with van der Waals surface area (Å²) >= 11 is 0. The number of ether oxygens (including phenoxy) is 1. The zero-order valence-corrected chi connectivity index (χ0v) is 17.8. The fraction of sp³-hybridized carbons (Fsp3) is 0.944. The van der Waals surface area contributed by atoms with Crippen LogP contribution in [0.5, 0.6) is 0 Å². The van der Waals surface area contributed by atoms with Crippen molar-refractivity contribution in [3.8, 4) is 0 Å². The first kappa shape index (κ1) is 22.0. The van der Waals surface area contributed by atoms with Gasteiger partial charge in [-0.3, -0.25) is 9.89 Å². The van der Waals surface area contributed by atoms with Crippen molar-refractivity contribution in [3.63, 3.8) is 0 Å². The van der Waals surface area contributed by atoms with Crippen LogP contribution in [0.25, 0.3) is 0 Å². The highest BCUT2D eigenvalue weighted by Crippen LogP contribution is 2.21. The van der Waals surface area contributed by atoms with Crippen LogP contribution in [-0.2, 0) is 4.74 Å². The lowest BCUT2D eigenvalue weighted by molar-refractivity contribution is 0.00396. The fourth-order valence-corrected chi connectivity index (χ4v) is 4.00. The van der Waals surface area contributed by atoms with E-state index in [2.05, 4.69) is 24.1 Å². The number of nitrogens with zero attached hydrogens (tertiary/aromatic N) is 2. The van der Waals surface area contributed by atoms with E-state index in [1.807, 2.05) is 0 Å². The van der Waals surface area contributed by atoms with E-state index in [9.17, 15) is 0 Å². The van der Waals surface area contributed by atoms with Crippen LogP contribution in [0, 0.1) is 5.92 Å². The number of nitrogens with two attached hydrogens (primary N) is 1. The van der Waals surface area contributed by atoms with Crippen LogP contribution >= 0.6 is 24.0 Å². The molecule has 2 fully saturated rings. The quantitative estimate of drug-likeness (QED) is 0.354. The lowest BCUT2D eigenvalue weighted by Crippen LogP contribution is -2.49. The summed E-state index contributed by atoms with van der Waals surface area (Å²) in [6, 6.07) is 1.02. The van der Waals surface area contributed by atoms with Gasteiger partial charge in [0.1, 0.15) is 0 Å². The lowest BCUT2D eigenvalue weighted by atomic mass is 9.92. The van der Waals surface area contributed by atoms with E-state index >= 15 is 0 Å². The second kappa shape index (κ2) is 12.3. The van der Waals surface area contributed by atoms with E-state index in [1.165, 1.54) is 44.9 Å². The van der Waals surface area contributed by atoms with Gasteiger partial charge in [0, 0.05) is 25.2 Å². The van der Waals surface area contributed by atoms with Crippen molar-refractivity contribution in [1.29, 1.82) is 0 Å². The molecule has 24 heavy (non-hydrogen) atoms. The Kier molecular flexibility index (Phi) is 11.3. The van der Waals surface area contributed by atoms with Crippen LogP contribution in [-0.4, -0.2) is 55.8 Å². The Bertz CT molecular complexity index is 351. The number of hydrogen-bond acceptors (Lipinski definition) is 3.